The largest absolute Gasteiger partial charge is 0.327 e. The van der Waals surface area contributed by atoms with E-state index in [0.717, 1.165) is 18.5 Å². The summed E-state index contributed by atoms with van der Waals surface area (Å²) >= 11 is 0. The molecule has 0 aromatic heterocycles. The molecule has 0 saturated carbocycles. The van der Waals surface area contributed by atoms with E-state index < -0.39 is 0 Å². The highest BCUT2D eigenvalue weighted by Crippen LogP contribution is 2.12. The molecule has 1 amide bonds. The molecule has 0 aliphatic carbocycles. The Morgan fingerprint density at radius 1 is 1.28 bits per heavy atom. The van der Waals surface area contributed by atoms with Gasteiger partial charge in [-0.3, -0.25) is 4.79 Å². The third-order valence-electron chi connectivity index (χ3n) is 3.23. The van der Waals surface area contributed by atoms with Crippen molar-refractivity contribution in [2.45, 2.75) is 45.6 Å². The summed E-state index contributed by atoms with van der Waals surface area (Å²) in [6.07, 6.45) is 3.57. The van der Waals surface area contributed by atoms with E-state index in [2.05, 4.69) is 19.2 Å². The van der Waals surface area contributed by atoms with Crippen LogP contribution in [0.15, 0.2) is 30.3 Å². The molecule has 1 aromatic rings. The van der Waals surface area contributed by atoms with Crippen molar-refractivity contribution in [2.75, 3.05) is 5.32 Å². The van der Waals surface area contributed by atoms with Crippen LogP contribution in [-0.4, -0.2) is 11.9 Å². The number of carbonyl (C=O) groups excluding carboxylic acids is 1. The molecular formula is C15H24N2O. The first kappa shape index (κ1) is 14.7. The van der Waals surface area contributed by atoms with Crippen molar-refractivity contribution in [1.29, 1.82) is 0 Å². The zero-order valence-corrected chi connectivity index (χ0v) is 11.4. The van der Waals surface area contributed by atoms with Crippen LogP contribution in [0, 0.1) is 5.92 Å². The van der Waals surface area contributed by atoms with Crippen molar-refractivity contribution in [3.63, 3.8) is 0 Å². The minimum atomic E-state index is -0.0392. The average Bonchev–Trinajstić information content (AvgIpc) is 2.37. The second-order valence-corrected chi connectivity index (χ2v) is 4.97. The van der Waals surface area contributed by atoms with Crippen LogP contribution in [-0.2, 0) is 4.79 Å². The number of nitrogens with one attached hydrogen (secondary N) is 1. The van der Waals surface area contributed by atoms with Crippen LogP contribution < -0.4 is 11.1 Å². The van der Waals surface area contributed by atoms with E-state index >= 15 is 0 Å². The third kappa shape index (κ3) is 5.82. The highest BCUT2D eigenvalue weighted by atomic mass is 16.1. The second-order valence-electron chi connectivity index (χ2n) is 4.97. The molecule has 3 heteroatoms. The monoisotopic (exact) mass is 248 g/mol. The lowest BCUT2D eigenvalue weighted by atomic mass is 9.98. The van der Waals surface area contributed by atoms with Crippen LogP contribution in [0.3, 0.4) is 0 Å². The number of para-hydroxylation sites is 1. The van der Waals surface area contributed by atoms with Crippen molar-refractivity contribution in [3.05, 3.63) is 30.3 Å². The van der Waals surface area contributed by atoms with Gasteiger partial charge < -0.3 is 11.1 Å². The molecule has 0 radical (unpaired) electrons. The Balaban J connectivity index is 2.27. The van der Waals surface area contributed by atoms with E-state index in [4.69, 9.17) is 5.73 Å². The number of nitrogens with two attached hydrogens (primary N) is 1. The average molecular weight is 248 g/mol. The van der Waals surface area contributed by atoms with Gasteiger partial charge in [0.1, 0.15) is 0 Å². The van der Waals surface area contributed by atoms with Crippen molar-refractivity contribution in [3.8, 4) is 0 Å². The number of anilines is 1. The van der Waals surface area contributed by atoms with Crippen molar-refractivity contribution < 1.29 is 4.79 Å². The molecule has 0 aliphatic heterocycles. The minimum absolute atomic E-state index is 0.00199. The lowest BCUT2D eigenvalue weighted by Crippen LogP contribution is -2.27. The van der Waals surface area contributed by atoms with Crippen molar-refractivity contribution in [2.24, 2.45) is 11.7 Å². The summed E-state index contributed by atoms with van der Waals surface area (Å²) in [6, 6.07) is 9.44. The van der Waals surface area contributed by atoms with Gasteiger partial charge in [0, 0.05) is 18.2 Å². The van der Waals surface area contributed by atoms with Crippen LogP contribution in [0.1, 0.15) is 39.5 Å². The summed E-state index contributed by atoms with van der Waals surface area (Å²) in [5.41, 5.74) is 6.80. The van der Waals surface area contributed by atoms with Crippen LogP contribution in [0.2, 0.25) is 0 Å². The fourth-order valence-electron chi connectivity index (χ4n) is 1.78. The molecular weight excluding hydrogens is 224 g/mol. The summed E-state index contributed by atoms with van der Waals surface area (Å²) in [4.78, 5) is 11.7. The number of amides is 1. The van der Waals surface area contributed by atoms with Gasteiger partial charge in [0.15, 0.2) is 0 Å². The van der Waals surface area contributed by atoms with Crippen molar-refractivity contribution in [1.82, 2.24) is 0 Å². The van der Waals surface area contributed by atoms with Crippen LogP contribution in [0.25, 0.3) is 0 Å². The van der Waals surface area contributed by atoms with E-state index in [-0.39, 0.29) is 11.9 Å². The first-order chi connectivity index (χ1) is 8.61. The maximum atomic E-state index is 11.7. The molecule has 0 heterocycles. The van der Waals surface area contributed by atoms with E-state index in [9.17, 15) is 4.79 Å². The molecule has 0 aliphatic rings. The molecule has 2 atom stereocenters. The molecule has 1 aromatic carbocycles. The number of benzene rings is 1. The third-order valence-corrected chi connectivity index (χ3v) is 3.23. The Hall–Kier alpha value is -1.35. The Kier molecular flexibility index (Phi) is 6.44. The van der Waals surface area contributed by atoms with E-state index in [1.165, 1.54) is 6.42 Å². The molecule has 0 bridgehead atoms. The van der Waals surface area contributed by atoms with E-state index in [1.807, 2.05) is 30.3 Å². The number of rotatable bonds is 7. The molecule has 3 nitrogen and oxygen atoms in total. The maximum Gasteiger partial charge on any atom is 0.225 e. The standard InChI is InChI=1S/C15H24N2O/c1-3-12(2)9-10-13(16)11-15(18)17-14-7-5-4-6-8-14/h4-8,12-13H,3,9-11,16H2,1-2H3,(H,17,18). The van der Waals surface area contributed by atoms with Gasteiger partial charge in [-0.1, -0.05) is 38.5 Å². The summed E-state index contributed by atoms with van der Waals surface area (Å²) in [5.74, 6) is 0.686. The van der Waals surface area contributed by atoms with Gasteiger partial charge in [-0.15, -0.1) is 0 Å². The summed E-state index contributed by atoms with van der Waals surface area (Å²) in [6.45, 7) is 4.40. The molecule has 0 fully saturated rings. The SMILES string of the molecule is CCC(C)CCC(N)CC(=O)Nc1ccccc1. The fraction of sp³-hybridized carbons (Fsp3) is 0.533. The van der Waals surface area contributed by atoms with E-state index in [0.29, 0.717) is 12.3 Å². The van der Waals surface area contributed by atoms with Gasteiger partial charge in [-0.05, 0) is 30.9 Å². The highest BCUT2D eigenvalue weighted by Gasteiger charge is 2.11. The van der Waals surface area contributed by atoms with Gasteiger partial charge >= 0.3 is 0 Å². The van der Waals surface area contributed by atoms with Crippen molar-refractivity contribution >= 4 is 11.6 Å². The Bertz CT molecular complexity index is 351. The Morgan fingerprint density at radius 3 is 2.56 bits per heavy atom. The summed E-state index contributed by atoms with van der Waals surface area (Å²) < 4.78 is 0. The normalized spacial score (nSPS) is 13.9. The predicted molar refractivity (Wildman–Crippen MR) is 76.4 cm³/mol. The lowest BCUT2D eigenvalue weighted by molar-refractivity contribution is -0.116. The van der Waals surface area contributed by atoms with Crippen LogP contribution in [0.4, 0.5) is 5.69 Å². The first-order valence-electron chi connectivity index (χ1n) is 6.72. The van der Waals surface area contributed by atoms with Crippen LogP contribution in [0.5, 0.6) is 0 Å². The smallest absolute Gasteiger partial charge is 0.225 e. The molecule has 0 saturated heterocycles. The minimum Gasteiger partial charge on any atom is -0.327 e. The lowest BCUT2D eigenvalue weighted by Gasteiger charge is -2.14. The van der Waals surface area contributed by atoms with Gasteiger partial charge in [-0.25, -0.2) is 0 Å². The quantitative estimate of drug-likeness (QED) is 0.778. The topological polar surface area (TPSA) is 55.1 Å². The first-order valence-corrected chi connectivity index (χ1v) is 6.72. The highest BCUT2D eigenvalue weighted by molar-refractivity contribution is 5.90. The summed E-state index contributed by atoms with van der Waals surface area (Å²) in [5, 5.41) is 2.86. The van der Waals surface area contributed by atoms with Gasteiger partial charge in [0.2, 0.25) is 5.91 Å². The fourth-order valence-corrected chi connectivity index (χ4v) is 1.78. The molecule has 18 heavy (non-hydrogen) atoms. The molecule has 0 spiro atoms. The summed E-state index contributed by atoms with van der Waals surface area (Å²) in [7, 11) is 0. The molecule has 3 N–H and O–H groups in total. The number of hydrogen-bond donors (Lipinski definition) is 2. The van der Waals surface area contributed by atoms with Crippen LogP contribution >= 0.6 is 0 Å². The van der Waals surface area contributed by atoms with Gasteiger partial charge in [-0.2, -0.15) is 0 Å². The number of hydrogen-bond acceptors (Lipinski definition) is 2. The molecule has 2 unspecified atom stereocenters. The zero-order valence-electron chi connectivity index (χ0n) is 11.4. The number of carbonyl (C=O) groups is 1. The van der Waals surface area contributed by atoms with Gasteiger partial charge in [0.25, 0.3) is 0 Å². The van der Waals surface area contributed by atoms with E-state index in [1.54, 1.807) is 0 Å². The Labute approximate surface area is 110 Å². The maximum absolute atomic E-state index is 11.7. The van der Waals surface area contributed by atoms with Gasteiger partial charge in [0.05, 0.1) is 0 Å². The Morgan fingerprint density at radius 2 is 1.94 bits per heavy atom. The molecule has 1 rings (SSSR count). The second kappa shape index (κ2) is 7.88. The predicted octanol–water partition coefficient (Wildman–Crippen LogP) is 3.17. The molecule has 100 valence electrons. The zero-order chi connectivity index (χ0) is 13.4.